The van der Waals surface area contributed by atoms with Gasteiger partial charge in [-0.15, -0.1) is 0 Å². The van der Waals surface area contributed by atoms with Crippen molar-refractivity contribution in [3.05, 3.63) is 35.4 Å². The van der Waals surface area contributed by atoms with E-state index in [4.69, 9.17) is 0 Å². The van der Waals surface area contributed by atoms with E-state index in [0.29, 0.717) is 0 Å². The molecule has 1 aliphatic heterocycles. The molecule has 1 heterocycles. The van der Waals surface area contributed by atoms with Crippen molar-refractivity contribution >= 4 is 0 Å². The van der Waals surface area contributed by atoms with E-state index in [0.717, 1.165) is 12.5 Å². The second-order valence-corrected chi connectivity index (χ2v) is 4.94. The lowest BCUT2D eigenvalue weighted by Crippen LogP contribution is -2.34. The zero-order valence-electron chi connectivity index (χ0n) is 10.6. The molecule has 88 valence electrons. The van der Waals surface area contributed by atoms with E-state index >= 15 is 0 Å². The molecule has 0 saturated carbocycles. The highest BCUT2D eigenvalue weighted by atomic mass is 15.1. The molecule has 0 aromatic heterocycles. The zero-order valence-corrected chi connectivity index (χ0v) is 10.6. The molecular formula is C15H23N. The first-order chi connectivity index (χ1) is 7.83. The molecule has 0 aliphatic carbocycles. The summed E-state index contributed by atoms with van der Waals surface area (Å²) in [5.41, 5.74) is 3.10. The van der Waals surface area contributed by atoms with Crippen LogP contribution in [-0.2, 0) is 13.0 Å². The lowest BCUT2D eigenvalue weighted by atomic mass is 9.97. The van der Waals surface area contributed by atoms with E-state index in [-0.39, 0.29) is 0 Å². The highest BCUT2D eigenvalue weighted by Gasteiger charge is 2.17. The molecule has 0 N–H and O–H groups in total. The van der Waals surface area contributed by atoms with Gasteiger partial charge in [0.1, 0.15) is 0 Å². The van der Waals surface area contributed by atoms with Crippen LogP contribution in [-0.4, -0.2) is 18.0 Å². The summed E-state index contributed by atoms with van der Waals surface area (Å²) in [5.74, 6) is 0.880. The standard InChI is InChI=1S/C15H23N/c1-3-13(4-2)11-16-10-9-14-7-5-6-8-15(14)12-16/h5-8,13H,3-4,9-12H2,1-2H3. The van der Waals surface area contributed by atoms with Gasteiger partial charge in [-0.1, -0.05) is 51.0 Å². The molecular weight excluding hydrogens is 194 g/mol. The zero-order chi connectivity index (χ0) is 11.4. The molecule has 1 aromatic rings. The highest BCUT2D eigenvalue weighted by Crippen LogP contribution is 2.20. The number of rotatable bonds is 4. The monoisotopic (exact) mass is 217 g/mol. The van der Waals surface area contributed by atoms with Crippen LogP contribution in [0.2, 0.25) is 0 Å². The second-order valence-electron chi connectivity index (χ2n) is 4.94. The fraction of sp³-hybridized carbons (Fsp3) is 0.600. The Hall–Kier alpha value is -0.820. The molecule has 0 saturated heterocycles. The Kier molecular flexibility index (Phi) is 4.00. The van der Waals surface area contributed by atoms with Crippen LogP contribution in [0.4, 0.5) is 0 Å². The lowest BCUT2D eigenvalue weighted by molar-refractivity contribution is 0.207. The normalized spacial score (nSPS) is 16.4. The Bertz CT molecular complexity index is 328. The summed E-state index contributed by atoms with van der Waals surface area (Å²) < 4.78 is 0. The molecule has 1 heteroatoms. The topological polar surface area (TPSA) is 3.24 Å². The number of nitrogens with zero attached hydrogens (tertiary/aromatic N) is 1. The van der Waals surface area contributed by atoms with Crippen LogP contribution in [0, 0.1) is 5.92 Å². The minimum absolute atomic E-state index is 0.880. The fourth-order valence-corrected chi connectivity index (χ4v) is 2.62. The van der Waals surface area contributed by atoms with Gasteiger partial charge < -0.3 is 0 Å². The van der Waals surface area contributed by atoms with E-state index in [1.807, 2.05) is 0 Å². The van der Waals surface area contributed by atoms with E-state index in [2.05, 4.69) is 43.0 Å². The first-order valence-corrected chi connectivity index (χ1v) is 6.62. The van der Waals surface area contributed by atoms with Gasteiger partial charge in [-0.05, 0) is 23.5 Å². The molecule has 1 aromatic carbocycles. The van der Waals surface area contributed by atoms with Crippen molar-refractivity contribution in [3.63, 3.8) is 0 Å². The minimum atomic E-state index is 0.880. The second kappa shape index (κ2) is 5.49. The van der Waals surface area contributed by atoms with Gasteiger partial charge in [0.05, 0.1) is 0 Å². The Morgan fingerprint density at radius 1 is 1.12 bits per heavy atom. The molecule has 1 aliphatic rings. The molecule has 16 heavy (non-hydrogen) atoms. The Morgan fingerprint density at radius 2 is 1.81 bits per heavy atom. The molecule has 2 rings (SSSR count). The van der Waals surface area contributed by atoms with Gasteiger partial charge in [0, 0.05) is 19.6 Å². The van der Waals surface area contributed by atoms with Crippen LogP contribution in [0.5, 0.6) is 0 Å². The third kappa shape index (κ3) is 2.65. The predicted octanol–water partition coefficient (Wildman–Crippen LogP) is 3.48. The van der Waals surface area contributed by atoms with Crippen molar-refractivity contribution in [2.75, 3.05) is 13.1 Å². The summed E-state index contributed by atoms with van der Waals surface area (Å²) in [5, 5.41) is 0. The number of hydrogen-bond donors (Lipinski definition) is 0. The van der Waals surface area contributed by atoms with Gasteiger partial charge >= 0.3 is 0 Å². The Balaban J connectivity index is 1.97. The number of benzene rings is 1. The first kappa shape index (κ1) is 11.7. The third-order valence-corrected chi connectivity index (χ3v) is 3.88. The maximum atomic E-state index is 2.62. The van der Waals surface area contributed by atoms with Gasteiger partial charge in [0.2, 0.25) is 0 Å². The maximum absolute atomic E-state index is 2.62. The summed E-state index contributed by atoms with van der Waals surface area (Å²) in [4.78, 5) is 2.62. The van der Waals surface area contributed by atoms with E-state index in [1.165, 1.54) is 32.4 Å². The van der Waals surface area contributed by atoms with Crippen molar-refractivity contribution in [1.29, 1.82) is 0 Å². The molecule has 0 atom stereocenters. The average molecular weight is 217 g/mol. The van der Waals surface area contributed by atoms with Crippen LogP contribution in [0.15, 0.2) is 24.3 Å². The van der Waals surface area contributed by atoms with Crippen LogP contribution in [0.3, 0.4) is 0 Å². The molecule has 0 radical (unpaired) electrons. The molecule has 0 spiro atoms. The summed E-state index contributed by atoms with van der Waals surface area (Å²) in [6, 6.07) is 8.90. The molecule has 0 unspecified atom stereocenters. The van der Waals surface area contributed by atoms with Crippen LogP contribution >= 0.6 is 0 Å². The molecule has 1 nitrogen and oxygen atoms in total. The Morgan fingerprint density at radius 3 is 2.50 bits per heavy atom. The van der Waals surface area contributed by atoms with Crippen molar-refractivity contribution in [2.24, 2.45) is 5.92 Å². The smallest absolute Gasteiger partial charge is 0.0236 e. The molecule has 0 amide bonds. The number of hydrogen-bond acceptors (Lipinski definition) is 1. The molecule has 0 fully saturated rings. The van der Waals surface area contributed by atoms with Gasteiger partial charge in [0.25, 0.3) is 0 Å². The van der Waals surface area contributed by atoms with Crippen molar-refractivity contribution in [2.45, 2.75) is 39.7 Å². The van der Waals surface area contributed by atoms with Crippen molar-refractivity contribution in [1.82, 2.24) is 4.90 Å². The van der Waals surface area contributed by atoms with Crippen molar-refractivity contribution < 1.29 is 0 Å². The van der Waals surface area contributed by atoms with Crippen LogP contribution < -0.4 is 0 Å². The number of fused-ring (bicyclic) bond motifs is 1. The average Bonchev–Trinajstić information content (AvgIpc) is 2.35. The van der Waals surface area contributed by atoms with Crippen LogP contribution in [0.1, 0.15) is 37.8 Å². The van der Waals surface area contributed by atoms with Crippen molar-refractivity contribution in [3.8, 4) is 0 Å². The van der Waals surface area contributed by atoms with Gasteiger partial charge in [-0.2, -0.15) is 0 Å². The first-order valence-electron chi connectivity index (χ1n) is 6.62. The van der Waals surface area contributed by atoms with E-state index in [1.54, 1.807) is 11.1 Å². The molecule has 0 bridgehead atoms. The lowest BCUT2D eigenvalue weighted by Gasteiger charge is -2.31. The largest absolute Gasteiger partial charge is 0.298 e. The maximum Gasteiger partial charge on any atom is 0.0236 e. The van der Waals surface area contributed by atoms with Gasteiger partial charge in [0.15, 0.2) is 0 Å². The summed E-state index contributed by atoms with van der Waals surface area (Å²) >= 11 is 0. The highest BCUT2D eigenvalue weighted by molar-refractivity contribution is 5.28. The van der Waals surface area contributed by atoms with E-state index < -0.39 is 0 Å². The Labute approximate surface area is 99.5 Å². The SMILES string of the molecule is CCC(CC)CN1CCc2ccccc2C1. The van der Waals surface area contributed by atoms with Gasteiger partial charge in [-0.3, -0.25) is 4.90 Å². The summed E-state index contributed by atoms with van der Waals surface area (Å²) in [6.45, 7) is 8.31. The third-order valence-electron chi connectivity index (χ3n) is 3.88. The van der Waals surface area contributed by atoms with E-state index in [9.17, 15) is 0 Å². The van der Waals surface area contributed by atoms with Gasteiger partial charge in [-0.25, -0.2) is 0 Å². The predicted molar refractivity (Wildman–Crippen MR) is 69.5 cm³/mol. The summed E-state index contributed by atoms with van der Waals surface area (Å²) in [6.07, 6.45) is 3.86. The minimum Gasteiger partial charge on any atom is -0.298 e. The fourth-order valence-electron chi connectivity index (χ4n) is 2.62. The van der Waals surface area contributed by atoms with Crippen LogP contribution in [0.25, 0.3) is 0 Å². The summed E-state index contributed by atoms with van der Waals surface area (Å²) in [7, 11) is 0. The quantitative estimate of drug-likeness (QED) is 0.746.